The van der Waals surface area contributed by atoms with Gasteiger partial charge in [-0.05, 0) is 111 Å². The number of carbonyl (C=O) groups excluding carboxylic acids is 2. The van der Waals surface area contributed by atoms with Crippen LogP contribution in [-0.2, 0) is 22.6 Å². The van der Waals surface area contributed by atoms with Crippen molar-refractivity contribution in [2.24, 2.45) is 0 Å². The number of esters is 2. The number of ether oxygens (including phenoxy) is 4. The van der Waals surface area contributed by atoms with Gasteiger partial charge < -0.3 is 28.1 Å². The van der Waals surface area contributed by atoms with Crippen LogP contribution in [0.2, 0.25) is 0 Å². The highest BCUT2D eigenvalue weighted by Crippen LogP contribution is 2.36. The van der Waals surface area contributed by atoms with Crippen molar-refractivity contribution in [3.8, 4) is 34.3 Å². The zero-order chi connectivity index (χ0) is 47.6. The van der Waals surface area contributed by atoms with Crippen LogP contribution in [0.1, 0.15) is 71.4 Å². The van der Waals surface area contributed by atoms with Gasteiger partial charge in [-0.15, -0.1) is 0 Å². The molecule has 8 rings (SSSR count). The van der Waals surface area contributed by atoms with E-state index in [1.807, 2.05) is 69.8 Å². The molecule has 16 heteroatoms. The molecule has 0 fully saturated rings. The summed E-state index contributed by atoms with van der Waals surface area (Å²) in [5, 5.41) is 24.1. The molecule has 68 heavy (non-hydrogen) atoms. The normalized spacial score (nSPS) is 11.1. The van der Waals surface area contributed by atoms with Crippen LogP contribution in [0.15, 0.2) is 133 Å². The Hall–Kier alpha value is -8.40. The number of rotatable bonds is 21. The molecule has 2 aromatic heterocycles. The van der Waals surface area contributed by atoms with Crippen molar-refractivity contribution in [2.45, 2.75) is 52.6 Å². The van der Waals surface area contributed by atoms with E-state index in [1.165, 1.54) is 12.1 Å². The lowest BCUT2D eigenvalue weighted by molar-refractivity contribution is -0.384. The molecule has 0 saturated heterocycles. The molecule has 0 aliphatic carbocycles. The number of aromatic nitrogens is 4. The molecule has 8 aromatic rings. The van der Waals surface area contributed by atoms with E-state index >= 15 is 0 Å². The Morgan fingerprint density at radius 2 is 0.941 bits per heavy atom. The second-order valence-electron chi connectivity index (χ2n) is 15.8. The summed E-state index contributed by atoms with van der Waals surface area (Å²) in [6, 6.07) is 38.6. The number of nitro benzene ring substituents is 2. The van der Waals surface area contributed by atoms with Gasteiger partial charge in [0.1, 0.15) is 34.2 Å². The average molecular weight is 917 g/mol. The van der Waals surface area contributed by atoms with Gasteiger partial charge >= 0.3 is 11.9 Å². The van der Waals surface area contributed by atoms with E-state index in [0.29, 0.717) is 82.6 Å². The monoisotopic (exact) mass is 916 g/mol. The fraction of sp³-hybridized carbons (Fsp3) is 0.231. The number of hydrogen-bond acceptors (Lipinski definition) is 12. The number of nitro groups is 2. The highest BCUT2D eigenvalue weighted by molar-refractivity contribution is 6.04. The van der Waals surface area contributed by atoms with Crippen molar-refractivity contribution in [1.29, 1.82) is 0 Å². The summed E-state index contributed by atoms with van der Waals surface area (Å²) in [5.41, 5.74) is 4.84. The van der Waals surface area contributed by atoms with Crippen molar-refractivity contribution < 1.29 is 38.4 Å². The number of benzene rings is 6. The van der Waals surface area contributed by atoms with Gasteiger partial charge in [-0.25, -0.2) is 19.6 Å². The number of imidazole rings is 2. The highest BCUT2D eigenvalue weighted by Gasteiger charge is 2.26. The molecule has 0 amide bonds. The van der Waals surface area contributed by atoms with Gasteiger partial charge in [-0.2, -0.15) is 0 Å². The summed E-state index contributed by atoms with van der Waals surface area (Å²) < 4.78 is 26.7. The first-order valence-corrected chi connectivity index (χ1v) is 22.4. The van der Waals surface area contributed by atoms with Crippen molar-refractivity contribution in [1.82, 2.24) is 19.1 Å². The number of nitrogens with zero attached hydrogens (tertiary/aromatic N) is 6. The Bertz CT molecular complexity index is 2930. The first-order valence-electron chi connectivity index (χ1n) is 22.4. The third-order valence-electron chi connectivity index (χ3n) is 11.3. The number of unbranched alkanes of at least 4 members (excludes halogenated alkanes) is 3. The molecule has 0 spiro atoms. The molecular formula is C52H48N6O10. The SMILES string of the molecule is CCOC(=O)c1cccc2c1nc(-c1ccccc1[N+](=O)[O-])n2Cc1cccc(OCCCCCCOc2cccc(Cn3c(-c4ccccc4[N+](=O)[O-])nc4c(C(=O)OCC)cccc43)c2)c1. The molecule has 2 heterocycles. The van der Waals surface area contributed by atoms with Crippen LogP contribution < -0.4 is 9.47 Å². The molecule has 0 atom stereocenters. The van der Waals surface area contributed by atoms with Gasteiger partial charge in [0.2, 0.25) is 0 Å². The first kappa shape index (κ1) is 46.1. The predicted octanol–water partition coefficient (Wildman–Crippen LogP) is 11.0. The molecule has 0 bridgehead atoms. The summed E-state index contributed by atoms with van der Waals surface area (Å²) in [4.78, 5) is 58.7. The topological polar surface area (TPSA) is 193 Å². The summed E-state index contributed by atoms with van der Waals surface area (Å²) in [5.74, 6) is 1.05. The summed E-state index contributed by atoms with van der Waals surface area (Å²) in [6.45, 7) is 5.46. The van der Waals surface area contributed by atoms with Crippen molar-refractivity contribution in [2.75, 3.05) is 26.4 Å². The van der Waals surface area contributed by atoms with E-state index in [9.17, 15) is 29.8 Å². The van der Waals surface area contributed by atoms with Crippen LogP contribution in [0.3, 0.4) is 0 Å². The number of para-hydroxylation sites is 4. The summed E-state index contributed by atoms with van der Waals surface area (Å²) >= 11 is 0. The Balaban J connectivity index is 0.879. The smallest absolute Gasteiger partial charge is 0.340 e. The van der Waals surface area contributed by atoms with Gasteiger partial charge in [0.25, 0.3) is 11.4 Å². The minimum atomic E-state index is -0.520. The Labute approximate surface area is 391 Å². The first-order chi connectivity index (χ1) is 33.1. The molecule has 16 nitrogen and oxygen atoms in total. The van der Waals surface area contributed by atoms with Crippen LogP contribution in [-0.4, -0.2) is 67.3 Å². The van der Waals surface area contributed by atoms with Gasteiger partial charge in [0, 0.05) is 25.2 Å². The van der Waals surface area contributed by atoms with Crippen LogP contribution in [0, 0.1) is 20.2 Å². The predicted molar refractivity (Wildman–Crippen MR) is 256 cm³/mol. The van der Waals surface area contributed by atoms with E-state index in [1.54, 1.807) is 74.5 Å². The zero-order valence-corrected chi connectivity index (χ0v) is 37.5. The lowest BCUT2D eigenvalue weighted by Crippen LogP contribution is -2.06. The standard InChI is InChI=1S/C52H48N6O10/c1-3-65-51(59)41-23-15-27-45-47(41)53-49(39-21-7-9-25-43(39)57(61)62)55(45)33-35-17-13-19-37(31-35)67-29-11-5-6-12-30-68-38-20-14-18-36(32-38)34-56-46-28-16-24-42(52(60)66-4-2)48(46)54-50(56)40-22-8-10-26-44(40)58(63)64/h7-10,13-28,31-32H,3-6,11-12,29-30,33-34H2,1-2H3. The zero-order valence-electron chi connectivity index (χ0n) is 37.5. The maximum absolute atomic E-state index is 12.9. The minimum Gasteiger partial charge on any atom is -0.494 e. The molecular weight excluding hydrogens is 869 g/mol. The third-order valence-corrected chi connectivity index (χ3v) is 11.3. The molecule has 0 aliphatic rings. The molecule has 346 valence electrons. The molecule has 6 aromatic carbocycles. The lowest BCUT2D eigenvalue weighted by Gasteiger charge is -2.12. The van der Waals surface area contributed by atoms with Gasteiger partial charge in [-0.3, -0.25) is 20.2 Å². The van der Waals surface area contributed by atoms with Crippen molar-refractivity contribution in [3.05, 3.63) is 176 Å². The number of hydrogen-bond donors (Lipinski definition) is 0. The van der Waals surface area contributed by atoms with Gasteiger partial charge in [-0.1, -0.05) is 60.7 Å². The molecule has 0 unspecified atom stereocenters. The molecule has 0 radical (unpaired) electrons. The Kier molecular flexibility index (Phi) is 14.4. The Morgan fingerprint density at radius 3 is 1.35 bits per heavy atom. The van der Waals surface area contributed by atoms with Crippen LogP contribution in [0.25, 0.3) is 44.8 Å². The number of carbonyl (C=O) groups is 2. The second kappa shape index (κ2) is 21.3. The van der Waals surface area contributed by atoms with E-state index < -0.39 is 21.8 Å². The van der Waals surface area contributed by atoms with Crippen molar-refractivity contribution in [3.63, 3.8) is 0 Å². The van der Waals surface area contributed by atoms with Crippen LogP contribution in [0.5, 0.6) is 11.5 Å². The largest absolute Gasteiger partial charge is 0.494 e. The van der Waals surface area contributed by atoms with Gasteiger partial charge in [0.05, 0.1) is 69.6 Å². The molecule has 0 N–H and O–H groups in total. The van der Waals surface area contributed by atoms with E-state index in [0.717, 1.165) is 36.8 Å². The van der Waals surface area contributed by atoms with Gasteiger partial charge in [0.15, 0.2) is 0 Å². The summed E-state index contributed by atoms with van der Waals surface area (Å²) in [6.07, 6.45) is 3.48. The molecule has 0 aliphatic heterocycles. The highest BCUT2D eigenvalue weighted by atomic mass is 16.6. The number of fused-ring (bicyclic) bond motifs is 2. The fourth-order valence-electron chi connectivity index (χ4n) is 8.19. The maximum atomic E-state index is 12.9. The second-order valence-corrected chi connectivity index (χ2v) is 15.8. The van der Waals surface area contributed by atoms with E-state index in [2.05, 4.69) is 0 Å². The lowest BCUT2D eigenvalue weighted by atomic mass is 10.1. The average Bonchev–Trinajstić information content (AvgIpc) is 3.90. The minimum absolute atomic E-state index is 0.0973. The van der Waals surface area contributed by atoms with E-state index in [-0.39, 0.29) is 35.7 Å². The van der Waals surface area contributed by atoms with Crippen molar-refractivity contribution >= 4 is 45.4 Å². The fourth-order valence-corrected chi connectivity index (χ4v) is 8.19. The van der Waals surface area contributed by atoms with E-state index in [4.69, 9.17) is 28.9 Å². The molecule has 0 saturated carbocycles. The quantitative estimate of drug-likeness (QED) is 0.0287. The maximum Gasteiger partial charge on any atom is 0.340 e. The third kappa shape index (κ3) is 10.2. The Morgan fingerprint density at radius 1 is 0.529 bits per heavy atom. The summed E-state index contributed by atoms with van der Waals surface area (Å²) in [7, 11) is 0. The van der Waals surface area contributed by atoms with Crippen LogP contribution >= 0.6 is 0 Å². The van der Waals surface area contributed by atoms with Crippen LogP contribution in [0.4, 0.5) is 11.4 Å².